The molecule has 0 saturated carbocycles. The maximum atomic E-state index is 13.5. The molecule has 0 fully saturated rings. The van der Waals surface area contributed by atoms with Crippen LogP contribution in [0.15, 0.2) is 30.5 Å². The largest absolute Gasteiger partial charge is 0.382 e. The van der Waals surface area contributed by atoms with Crippen molar-refractivity contribution >= 4 is 75.9 Å². The second-order valence-electron chi connectivity index (χ2n) is 15.8. The molecule has 0 aliphatic rings. The minimum atomic E-state index is -1.29. The summed E-state index contributed by atoms with van der Waals surface area (Å²) in [6.45, 7) is 3.97. The lowest BCUT2D eigenvalue weighted by atomic mass is 10.1. The fourth-order valence-corrected chi connectivity index (χ4v) is 6.39. The van der Waals surface area contributed by atoms with Crippen molar-refractivity contribution in [2.75, 3.05) is 62.7 Å². The van der Waals surface area contributed by atoms with Crippen LogP contribution in [0, 0.1) is 0 Å². The Hall–Kier alpha value is -7.32. The van der Waals surface area contributed by atoms with Crippen LogP contribution in [0.2, 0.25) is 0 Å². The first-order valence-corrected chi connectivity index (χ1v) is 22.0. The maximum absolute atomic E-state index is 13.5. The Labute approximate surface area is 392 Å². The number of rotatable bonds is 28. The zero-order chi connectivity index (χ0) is 50.3. The van der Waals surface area contributed by atoms with Crippen molar-refractivity contribution in [3.8, 4) is 0 Å². The highest BCUT2D eigenvalue weighted by atomic mass is 16.5. The monoisotopic (exact) mass is 952 g/mol. The lowest BCUT2D eigenvalue weighted by Crippen LogP contribution is -2.56. The molecule has 2 unspecified atom stereocenters. The van der Waals surface area contributed by atoms with Gasteiger partial charge < -0.3 is 54.0 Å². The Bertz CT molecular complexity index is 2220. The van der Waals surface area contributed by atoms with E-state index in [-0.39, 0.29) is 88.4 Å². The molecule has 26 heteroatoms. The van der Waals surface area contributed by atoms with E-state index in [9.17, 15) is 48.8 Å². The first-order valence-electron chi connectivity index (χ1n) is 22.0. The number of amides is 8. The lowest BCUT2D eigenvalue weighted by Gasteiger charge is -2.25. The van der Waals surface area contributed by atoms with Crippen LogP contribution in [0.1, 0.15) is 88.2 Å². The highest BCUT2D eigenvalue weighted by Gasteiger charge is 2.28. The van der Waals surface area contributed by atoms with Crippen LogP contribution < -0.4 is 54.0 Å². The molecule has 3 rings (SSSR count). The van der Waals surface area contributed by atoms with Crippen molar-refractivity contribution in [1.29, 1.82) is 0 Å². The molecule has 0 aliphatic carbocycles. The molecular weight excluding hydrogens is 889 g/mol. The first kappa shape index (κ1) is 55.0. The molecule has 1 aromatic carbocycles. The van der Waals surface area contributed by atoms with Crippen molar-refractivity contribution in [3.05, 3.63) is 41.7 Å². The summed E-state index contributed by atoms with van der Waals surface area (Å²) in [5.41, 5.74) is 20.0. The summed E-state index contributed by atoms with van der Waals surface area (Å²) < 4.78 is 0. The summed E-state index contributed by atoms with van der Waals surface area (Å²) in [4.78, 5) is 119. The number of hydrogen-bond acceptors (Lipinski definition) is 18. The van der Waals surface area contributed by atoms with E-state index in [1.165, 1.54) is 0 Å². The molecular formula is C42H64N16O10. The fourth-order valence-electron chi connectivity index (χ4n) is 6.39. The minimum Gasteiger partial charge on any atom is -0.382 e. The van der Waals surface area contributed by atoms with Crippen LogP contribution in [0.25, 0.3) is 11.2 Å². The van der Waals surface area contributed by atoms with Gasteiger partial charge in [-0.25, -0.2) is 20.1 Å². The number of nitrogens with one attached hydrogen (secondary N) is 6. The third-order valence-corrected chi connectivity index (χ3v) is 10.2. The SMILES string of the molecule is CCC[C@H](N)C(=O)NC(CCCN(O)C(C)=O)C(=O)NC(CCCN(O)C(C)=O)C(=O)NCC(=O)NCCNC(=O)CCCNC(=O)c1ccc(N(C)Cc2cnc3nc(N)nc(N)c3n2)cc1. The number of nitrogens with two attached hydrogens (primary N) is 3. The highest BCUT2D eigenvalue weighted by molar-refractivity contribution is 5.95. The number of anilines is 3. The topological polar surface area (TPSA) is 389 Å². The van der Waals surface area contributed by atoms with Crippen LogP contribution in [-0.4, -0.2) is 152 Å². The normalized spacial score (nSPS) is 12.2. The Morgan fingerprint density at radius 1 is 0.706 bits per heavy atom. The zero-order valence-corrected chi connectivity index (χ0v) is 38.7. The number of hydrogen-bond donors (Lipinski definition) is 11. The van der Waals surface area contributed by atoms with Crippen LogP contribution in [0.5, 0.6) is 0 Å². The van der Waals surface area contributed by atoms with Gasteiger partial charge in [0, 0.05) is 71.3 Å². The van der Waals surface area contributed by atoms with Crippen molar-refractivity contribution in [1.82, 2.24) is 62.0 Å². The summed E-state index contributed by atoms with van der Waals surface area (Å²) in [7, 11) is 1.85. The zero-order valence-electron chi connectivity index (χ0n) is 38.7. The third kappa shape index (κ3) is 18.9. The van der Waals surface area contributed by atoms with Crippen molar-refractivity contribution in [3.63, 3.8) is 0 Å². The molecule has 68 heavy (non-hydrogen) atoms. The standard InChI is InChI=1S/C42H64N16O10/c1-5-9-30(43)39(64)52-32(11-8-21-58(68)26(3)60)41(66)53-31(10-7-20-57(67)25(2)59)40(65)50-23-34(62)47-19-18-46-33(61)12-6-17-48-38(63)27-13-15-29(16-14-27)56(4)24-28-22-49-37-35(51-28)36(44)54-42(45)55-37/h13-16,22,30-32,67-68H,5-12,17-21,23-24,43H2,1-4H3,(H,46,61)(H,47,62)(H,48,63)(H,50,65)(H,52,64)(H,53,66)(H4,44,45,49,54,55)/t30-,31?,32?/m0/s1. The number of carbonyl (C=O) groups is 8. The lowest BCUT2D eigenvalue weighted by molar-refractivity contribution is -0.163. The Morgan fingerprint density at radius 3 is 1.90 bits per heavy atom. The molecule has 0 spiro atoms. The van der Waals surface area contributed by atoms with Gasteiger partial charge in [0.2, 0.25) is 47.3 Å². The molecule has 14 N–H and O–H groups in total. The van der Waals surface area contributed by atoms with Gasteiger partial charge in [0.05, 0.1) is 31.0 Å². The number of benzene rings is 1. The van der Waals surface area contributed by atoms with Gasteiger partial charge in [0.15, 0.2) is 17.0 Å². The van der Waals surface area contributed by atoms with E-state index in [1.807, 2.05) is 18.9 Å². The van der Waals surface area contributed by atoms with E-state index in [0.717, 1.165) is 19.5 Å². The van der Waals surface area contributed by atoms with E-state index < -0.39 is 60.1 Å². The molecule has 3 aromatic rings. The Morgan fingerprint density at radius 2 is 1.29 bits per heavy atom. The molecule has 3 atom stereocenters. The minimum absolute atomic E-state index is 0.00710. The fraction of sp³-hybridized carbons (Fsp3) is 0.524. The summed E-state index contributed by atoms with van der Waals surface area (Å²) in [6, 6.07) is 3.48. The van der Waals surface area contributed by atoms with Gasteiger partial charge in [0.25, 0.3) is 5.91 Å². The highest BCUT2D eigenvalue weighted by Crippen LogP contribution is 2.19. The van der Waals surface area contributed by atoms with Crippen LogP contribution in [0.3, 0.4) is 0 Å². The van der Waals surface area contributed by atoms with Gasteiger partial charge in [-0.3, -0.25) is 48.8 Å². The van der Waals surface area contributed by atoms with E-state index in [0.29, 0.717) is 58.4 Å². The quantitative estimate of drug-likeness (QED) is 0.0218. The van der Waals surface area contributed by atoms with Gasteiger partial charge in [-0.05, 0) is 62.8 Å². The molecule has 0 radical (unpaired) electrons. The molecule has 26 nitrogen and oxygen atoms in total. The van der Waals surface area contributed by atoms with Gasteiger partial charge in [-0.1, -0.05) is 13.3 Å². The Kier molecular flexibility index (Phi) is 22.6. The summed E-state index contributed by atoms with van der Waals surface area (Å²) in [5, 5.41) is 36.0. The maximum Gasteiger partial charge on any atom is 0.251 e. The number of nitrogens with zero attached hydrogens (tertiary/aromatic N) is 7. The smallest absolute Gasteiger partial charge is 0.251 e. The first-order chi connectivity index (χ1) is 32.3. The van der Waals surface area contributed by atoms with Crippen molar-refractivity contribution < 1.29 is 48.8 Å². The molecule has 2 heterocycles. The summed E-state index contributed by atoms with van der Waals surface area (Å²) >= 11 is 0. The van der Waals surface area contributed by atoms with Crippen molar-refractivity contribution in [2.45, 2.75) is 96.8 Å². The third-order valence-electron chi connectivity index (χ3n) is 10.2. The second kappa shape index (κ2) is 28.0. The van der Waals surface area contributed by atoms with Gasteiger partial charge in [-0.15, -0.1) is 0 Å². The van der Waals surface area contributed by atoms with Crippen molar-refractivity contribution in [2.24, 2.45) is 5.73 Å². The number of nitrogen functional groups attached to an aromatic ring is 2. The van der Waals surface area contributed by atoms with Crippen LogP contribution in [-0.2, 0) is 40.1 Å². The van der Waals surface area contributed by atoms with E-state index in [4.69, 9.17) is 17.2 Å². The number of aromatic nitrogens is 4. The van der Waals surface area contributed by atoms with E-state index >= 15 is 0 Å². The summed E-state index contributed by atoms with van der Waals surface area (Å²) in [5.74, 6) is -4.58. The van der Waals surface area contributed by atoms with E-state index in [2.05, 4.69) is 51.8 Å². The average Bonchev–Trinajstić information content (AvgIpc) is 3.30. The molecule has 0 aliphatic heterocycles. The molecule has 372 valence electrons. The van der Waals surface area contributed by atoms with Crippen LogP contribution in [0.4, 0.5) is 17.5 Å². The molecule has 8 amide bonds. The van der Waals surface area contributed by atoms with Crippen LogP contribution >= 0.6 is 0 Å². The summed E-state index contributed by atoms with van der Waals surface area (Å²) in [6.07, 6.45) is 2.93. The van der Waals surface area contributed by atoms with E-state index in [1.54, 1.807) is 30.5 Å². The predicted octanol–water partition coefficient (Wildman–Crippen LogP) is -1.79. The van der Waals surface area contributed by atoms with Gasteiger partial charge in [-0.2, -0.15) is 9.97 Å². The number of carbonyl (C=O) groups excluding carboxylic acids is 8. The van der Waals surface area contributed by atoms with Gasteiger partial charge >= 0.3 is 0 Å². The molecule has 0 bridgehead atoms. The Balaban J connectivity index is 1.41. The predicted molar refractivity (Wildman–Crippen MR) is 247 cm³/mol. The second-order valence-corrected chi connectivity index (χ2v) is 15.8. The number of fused-ring (bicyclic) bond motifs is 1. The molecule has 0 saturated heterocycles. The average molecular weight is 953 g/mol. The number of hydroxylamine groups is 4. The van der Waals surface area contributed by atoms with Gasteiger partial charge in [0.1, 0.15) is 12.1 Å². The molecule has 2 aromatic heterocycles.